The number of hydrogen-bond donors (Lipinski definition) is 0. The second-order valence-electron chi connectivity index (χ2n) is 6.76. The van der Waals surface area contributed by atoms with Crippen LogP contribution in [0.15, 0.2) is 0 Å². The first-order valence-corrected chi connectivity index (χ1v) is 13.9. The molecule has 0 heterocycles. The fraction of sp³-hybridized carbons (Fsp3) is 0.923. The maximum atomic E-state index is 11.3. The van der Waals surface area contributed by atoms with E-state index in [1.807, 2.05) is 6.92 Å². The lowest BCUT2D eigenvalue weighted by Crippen LogP contribution is -2.59. The quantitative estimate of drug-likeness (QED) is 0.388. The average Bonchev–Trinajstić information content (AvgIpc) is 2.13. The van der Waals surface area contributed by atoms with E-state index in [0.717, 1.165) is 19.4 Å². The first kappa shape index (κ1) is 17.9. The summed E-state index contributed by atoms with van der Waals surface area (Å²) in [6, 6.07) is 0. The Hall–Kier alpha value is -0.136. The number of ether oxygens (including phenoxy) is 1. The monoisotopic (exact) mass is 289 g/mol. The molecule has 18 heavy (non-hydrogen) atoms. The van der Waals surface area contributed by atoms with Gasteiger partial charge in [-0.25, -0.2) is 0 Å². The maximum Gasteiger partial charge on any atom is 0.305 e. The molecule has 0 spiro atoms. The normalized spacial score (nSPS) is 12.9. The van der Waals surface area contributed by atoms with Gasteiger partial charge in [-0.1, -0.05) is 39.3 Å². The maximum absolute atomic E-state index is 11.3. The van der Waals surface area contributed by atoms with Crippen LogP contribution in [-0.2, 0) is 9.53 Å². The van der Waals surface area contributed by atoms with E-state index in [9.17, 15) is 4.79 Å². The fourth-order valence-corrected chi connectivity index (χ4v) is 12.2. The van der Waals surface area contributed by atoms with E-state index < -0.39 is 16.5 Å². The minimum Gasteiger partial charge on any atom is -0.466 e. The van der Waals surface area contributed by atoms with Gasteiger partial charge in [-0.15, -0.1) is 0 Å². The van der Waals surface area contributed by atoms with E-state index >= 15 is 0 Å². The molecular formula is C13H31NO2Si2. The van der Waals surface area contributed by atoms with Crippen molar-refractivity contribution >= 4 is 22.4 Å². The molecule has 0 bridgehead atoms. The number of esters is 1. The van der Waals surface area contributed by atoms with Crippen molar-refractivity contribution in [2.45, 2.75) is 65.5 Å². The van der Waals surface area contributed by atoms with E-state index in [2.05, 4.69) is 43.5 Å². The molecule has 0 rings (SSSR count). The number of carbonyl (C=O) groups excluding carboxylic acids is 1. The number of unbranched alkanes of at least 4 members (excludes halogenated alkanes) is 1. The van der Waals surface area contributed by atoms with Crippen molar-refractivity contribution in [3.63, 3.8) is 0 Å². The Morgan fingerprint density at radius 3 is 1.89 bits per heavy atom. The molecular weight excluding hydrogens is 258 g/mol. The van der Waals surface area contributed by atoms with Crippen LogP contribution in [0.3, 0.4) is 0 Å². The Balaban J connectivity index is 4.11. The summed E-state index contributed by atoms with van der Waals surface area (Å²) in [5.74, 6) is -0.0509. The van der Waals surface area contributed by atoms with Gasteiger partial charge in [-0.3, -0.25) is 4.79 Å². The Morgan fingerprint density at radius 2 is 1.50 bits per heavy atom. The lowest BCUT2D eigenvalue weighted by atomic mass is 10.2. The highest BCUT2D eigenvalue weighted by molar-refractivity contribution is 6.89. The third-order valence-electron chi connectivity index (χ3n) is 2.94. The van der Waals surface area contributed by atoms with E-state index in [1.54, 1.807) is 0 Å². The second kappa shape index (κ2) is 7.45. The molecule has 0 amide bonds. The number of hydrogen-bond acceptors (Lipinski definition) is 3. The summed E-state index contributed by atoms with van der Waals surface area (Å²) >= 11 is 0. The van der Waals surface area contributed by atoms with Crippen LogP contribution in [0.1, 0.15) is 26.2 Å². The summed E-state index contributed by atoms with van der Waals surface area (Å²) in [6.45, 7) is 18.0. The van der Waals surface area contributed by atoms with Crippen molar-refractivity contribution in [3.05, 3.63) is 0 Å². The summed E-state index contributed by atoms with van der Waals surface area (Å²) < 4.78 is 7.72. The van der Waals surface area contributed by atoms with Crippen LogP contribution in [0, 0.1) is 0 Å². The fourth-order valence-electron chi connectivity index (χ4n) is 2.45. The number of rotatable bonds is 8. The van der Waals surface area contributed by atoms with Crippen LogP contribution < -0.4 is 0 Å². The van der Waals surface area contributed by atoms with Gasteiger partial charge in [0.25, 0.3) is 0 Å². The van der Waals surface area contributed by atoms with Crippen molar-refractivity contribution in [2.75, 3.05) is 13.2 Å². The SMILES string of the molecule is CCOC(=O)CCCCN([Si](C)(C)C)[Si](C)(C)C. The van der Waals surface area contributed by atoms with E-state index in [1.165, 1.54) is 0 Å². The zero-order valence-electron chi connectivity index (χ0n) is 13.3. The van der Waals surface area contributed by atoms with Gasteiger partial charge in [0, 0.05) is 6.42 Å². The number of carbonyl (C=O) groups is 1. The summed E-state index contributed by atoms with van der Waals surface area (Å²) in [6.07, 6.45) is 2.62. The molecule has 3 nitrogen and oxygen atoms in total. The molecule has 108 valence electrons. The lowest BCUT2D eigenvalue weighted by molar-refractivity contribution is -0.143. The second-order valence-corrected chi connectivity index (χ2v) is 17.0. The minimum absolute atomic E-state index is 0.0509. The summed E-state index contributed by atoms with van der Waals surface area (Å²) in [5.41, 5.74) is 0. The molecule has 0 aliphatic heterocycles. The van der Waals surface area contributed by atoms with Crippen LogP contribution >= 0.6 is 0 Å². The number of nitrogens with zero attached hydrogens (tertiary/aromatic N) is 1. The third-order valence-corrected chi connectivity index (χ3v) is 10.6. The molecule has 0 saturated carbocycles. The zero-order valence-corrected chi connectivity index (χ0v) is 15.3. The molecule has 0 aliphatic carbocycles. The lowest BCUT2D eigenvalue weighted by Gasteiger charge is -2.43. The van der Waals surface area contributed by atoms with Crippen LogP contribution in [0.4, 0.5) is 0 Å². The average molecular weight is 290 g/mol. The third kappa shape index (κ3) is 7.33. The van der Waals surface area contributed by atoms with Gasteiger partial charge in [-0.05, 0) is 26.3 Å². The Labute approximate surface area is 115 Å². The van der Waals surface area contributed by atoms with Gasteiger partial charge >= 0.3 is 5.97 Å². The van der Waals surface area contributed by atoms with Gasteiger partial charge in [0.05, 0.1) is 6.61 Å². The summed E-state index contributed by atoms with van der Waals surface area (Å²) in [7, 11) is -2.47. The summed E-state index contributed by atoms with van der Waals surface area (Å²) in [5, 5.41) is 0. The van der Waals surface area contributed by atoms with Gasteiger partial charge in [0.2, 0.25) is 0 Å². The highest BCUT2D eigenvalue weighted by atomic mass is 28.4. The zero-order chi connectivity index (χ0) is 14.4. The first-order chi connectivity index (χ1) is 8.09. The van der Waals surface area contributed by atoms with Gasteiger partial charge in [0.15, 0.2) is 0 Å². The molecule has 0 aliphatic rings. The highest BCUT2D eigenvalue weighted by Crippen LogP contribution is 2.20. The van der Waals surface area contributed by atoms with Crippen LogP contribution in [0.5, 0.6) is 0 Å². The molecule has 0 aromatic carbocycles. The predicted octanol–water partition coefficient (Wildman–Crippen LogP) is 3.69. The Kier molecular flexibility index (Phi) is 7.40. The van der Waals surface area contributed by atoms with Crippen LogP contribution in [0.25, 0.3) is 0 Å². The molecule has 0 aromatic heterocycles. The van der Waals surface area contributed by atoms with E-state index in [-0.39, 0.29) is 5.97 Å². The molecule has 0 radical (unpaired) electrons. The van der Waals surface area contributed by atoms with E-state index in [0.29, 0.717) is 13.0 Å². The molecule has 0 aromatic rings. The van der Waals surface area contributed by atoms with Gasteiger partial charge < -0.3 is 8.97 Å². The summed E-state index contributed by atoms with van der Waals surface area (Å²) in [4.78, 5) is 11.3. The van der Waals surface area contributed by atoms with Crippen molar-refractivity contribution in [1.82, 2.24) is 4.23 Å². The largest absolute Gasteiger partial charge is 0.466 e. The topological polar surface area (TPSA) is 29.5 Å². The van der Waals surface area contributed by atoms with Crippen molar-refractivity contribution in [3.8, 4) is 0 Å². The van der Waals surface area contributed by atoms with Gasteiger partial charge in [-0.2, -0.15) is 0 Å². The smallest absolute Gasteiger partial charge is 0.305 e. The molecule has 0 fully saturated rings. The molecule has 0 saturated heterocycles. The Morgan fingerprint density at radius 1 is 1.00 bits per heavy atom. The molecule has 5 heteroatoms. The minimum atomic E-state index is -1.24. The van der Waals surface area contributed by atoms with Crippen molar-refractivity contribution in [2.24, 2.45) is 0 Å². The molecule has 0 atom stereocenters. The highest BCUT2D eigenvalue weighted by Gasteiger charge is 2.33. The van der Waals surface area contributed by atoms with Gasteiger partial charge in [0.1, 0.15) is 16.5 Å². The first-order valence-electron chi connectivity index (χ1n) is 7.02. The van der Waals surface area contributed by atoms with Crippen molar-refractivity contribution in [1.29, 1.82) is 0 Å². The Bertz CT molecular complexity index is 243. The van der Waals surface area contributed by atoms with Crippen molar-refractivity contribution < 1.29 is 9.53 Å². The van der Waals surface area contributed by atoms with E-state index in [4.69, 9.17) is 4.74 Å². The molecule has 0 N–H and O–H groups in total. The van der Waals surface area contributed by atoms with Crippen LogP contribution in [-0.4, -0.2) is 39.8 Å². The molecule has 0 unspecified atom stereocenters. The standard InChI is InChI=1S/C13H31NO2Si2/c1-8-16-13(15)11-9-10-12-14(17(2,3)4)18(5,6)7/h8-12H2,1-7H3. The van der Waals surface area contributed by atoms with Crippen LogP contribution in [0.2, 0.25) is 39.3 Å². The predicted molar refractivity (Wildman–Crippen MR) is 83.9 cm³/mol.